The van der Waals surface area contributed by atoms with Crippen LogP contribution in [0.1, 0.15) is 10.6 Å². The number of aliphatic hydroxyl groups excluding tert-OH is 1. The summed E-state index contributed by atoms with van der Waals surface area (Å²) in [5, 5.41) is 8.97. The van der Waals surface area contributed by atoms with Crippen molar-refractivity contribution in [2.45, 2.75) is 12.8 Å². The second-order valence-corrected chi connectivity index (χ2v) is 3.88. The van der Waals surface area contributed by atoms with Crippen molar-refractivity contribution in [3.63, 3.8) is 0 Å². The minimum absolute atomic E-state index is 0.152. The molecule has 1 N–H and O–H groups in total. The topological polar surface area (TPSA) is 36.4 Å². The first-order chi connectivity index (χ1) is 6.36. The molecule has 0 radical (unpaired) electrons. The second kappa shape index (κ2) is 3.74. The molecule has 0 saturated carbocycles. The maximum absolute atomic E-state index is 12.3. The maximum atomic E-state index is 12.3. The van der Waals surface area contributed by atoms with Crippen molar-refractivity contribution in [2.75, 3.05) is 19.0 Å². The first-order valence-corrected chi connectivity index (χ1v) is 4.53. The third-order valence-electron chi connectivity index (χ3n) is 1.48. The van der Waals surface area contributed by atoms with Crippen molar-refractivity contribution < 1.29 is 18.3 Å². The third kappa shape index (κ3) is 2.16. The number of aromatic nitrogens is 1. The van der Waals surface area contributed by atoms with Crippen LogP contribution < -0.4 is 4.90 Å². The highest BCUT2D eigenvalue weighted by atomic mass is 32.1. The fraction of sp³-hybridized carbons (Fsp3) is 0.571. The Labute approximate surface area is 82.8 Å². The number of hydrogen-bond acceptors (Lipinski definition) is 4. The van der Waals surface area contributed by atoms with E-state index < -0.39 is 18.5 Å². The van der Waals surface area contributed by atoms with Crippen molar-refractivity contribution in [2.24, 2.45) is 0 Å². The molecule has 0 aliphatic carbocycles. The van der Waals surface area contributed by atoms with Gasteiger partial charge in [0.25, 0.3) is 0 Å². The van der Waals surface area contributed by atoms with Crippen molar-refractivity contribution in [3.8, 4) is 0 Å². The molecule has 14 heavy (non-hydrogen) atoms. The van der Waals surface area contributed by atoms with E-state index in [4.69, 9.17) is 5.11 Å². The fourth-order valence-electron chi connectivity index (χ4n) is 0.859. The molecule has 0 aliphatic rings. The largest absolute Gasteiger partial charge is 0.434 e. The maximum Gasteiger partial charge on any atom is 0.434 e. The number of halogens is 3. The van der Waals surface area contributed by atoms with E-state index in [1.165, 1.54) is 4.90 Å². The molecule has 0 unspecified atom stereocenters. The van der Waals surface area contributed by atoms with Crippen LogP contribution in [0.3, 0.4) is 0 Å². The van der Waals surface area contributed by atoms with Crippen molar-refractivity contribution in [1.29, 1.82) is 0 Å². The van der Waals surface area contributed by atoms with E-state index in [0.29, 0.717) is 0 Å². The fourth-order valence-corrected chi connectivity index (χ4v) is 1.72. The monoisotopic (exact) mass is 226 g/mol. The molecule has 0 atom stereocenters. The van der Waals surface area contributed by atoms with Gasteiger partial charge >= 0.3 is 6.18 Å². The smallest absolute Gasteiger partial charge is 0.391 e. The van der Waals surface area contributed by atoms with Crippen LogP contribution in [0.5, 0.6) is 0 Å². The molecule has 1 aromatic rings. The van der Waals surface area contributed by atoms with Gasteiger partial charge in [0.05, 0.1) is 11.5 Å². The van der Waals surface area contributed by atoms with Gasteiger partial charge in [0.1, 0.15) is 0 Å². The summed E-state index contributed by atoms with van der Waals surface area (Å²) in [4.78, 5) is 4.73. The van der Waals surface area contributed by atoms with Crippen LogP contribution in [-0.4, -0.2) is 24.2 Å². The Morgan fingerprint density at radius 1 is 1.43 bits per heavy atom. The Balaban J connectivity index is 3.16. The number of alkyl halides is 3. The van der Waals surface area contributed by atoms with Gasteiger partial charge in [-0.25, -0.2) is 4.98 Å². The van der Waals surface area contributed by atoms with Gasteiger partial charge in [-0.05, 0) is 0 Å². The summed E-state index contributed by atoms with van der Waals surface area (Å²) < 4.78 is 37.0. The standard InChI is InChI=1S/C7H9F3N2OS/c1-12(2)6-11-5(7(8,9)10)4(3-13)14-6/h13H,3H2,1-2H3. The molecule has 0 saturated heterocycles. The highest BCUT2D eigenvalue weighted by Gasteiger charge is 2.37. The molecule has 0 fully saturated rings. The molecule has 3 nitrogen and oxygen atoms in total. The SMILES string of the molecule is CN(C)c1nc(C(F)(F)F)c(CO)s1. The lowest BCUT2D eigenvalue weighted by molar-refractivity contribution is -0.141. The van der Waals surface area contributed by atoms with E-state index >= 15 is 0 Å². The minimum Gasteiger partial charge on any atom is -0.391 e. The number of anilines is 1. The van der Waals surface area contributed by atoms with Crippen LogP contribution in [0.25, 0.3) is 0 Å². The van der Waals surface area contributed by atoms with Gasteiger partial charge in [0.15, 0.2) is 10.8 Å². The third-order valence-corrected chi connectivity index (χ3v) is 2.69. The molecule has 0 aliphatic heterocycles. The number of rotatable bonds is 2. The van der Waals surface area contributed by atoms with E-state index in [9.17, 15) is 13.2 Å². The first kappa shape index (κ1) is 11.3. The van der Waals surface area contributed by atoms with E-state index in [0.717, 1.165) is 11.3 Å². The van der Waals surface area contributed by atoms with Crippen LogP contribution in [-0.2, 0) is 12.8 Å². The zero-order chi connectivity index (χ0) is 10.9. The summed E-state index contributed by atoms with van der Waals surface area (Å²) >= 11 is 0.839. The number of nitrogens with zero attached hydrogens (tertiary/aromatic N) is 2. The van der Waals surface area contributed by atoms with E-state index in [1.54, 1.807) is 14.1 Å². The molecule has 80 valence electrons. The zero-order valence-corrected chi connectivity index (χ0v) is 8.41. The molecule has 0 aromatic carbocycles. The Kier molecular flexibility index (Phi) is 3.01. The van der Waals surface area contributed by atoms with Crippen molar-refractivity contribution in [1.82, 2.24) is 4.98 Å². The van der Waals surface area contributed by atoms with E-state index in [1.807, 2.05) is 0 Å². The summed E-state index contributed by atoms with van der Waals surface area (Å²) in [6.45, 7) is -0.639. The van der Waals surface area contributed by atoms with Gasteiger partial charge in [-0.1, -0.05) is 11.3 Å². The van der Waals surface area contributed by atoms with Gasteiger partial charge in [0.2, 0.25) is 0 Å². The molecule has 1 aromatic heterocycles. The highest BCUT2D eigenvalue weighted by molar-refractivity contribution is 7.15. The van der Waals surface area contributed by atoms with Crippen molar-refractivity contribution in [3.05, 3.63) is 10.6 Å². The summed E-state index contributed by atoms with van der Waals surface area (Å²) in [7, 11) is 3.19. The molecule has 0 spiro atoms. The van der Waals surface area contributed by atoms with Gasteiger partial charge in [-0.3, -0.25) is 0 Å². The number of thiazole rings is 1. The zero-order valence-electron chi connectivity index (χ0n) is 7.59. The normalized spacial score (nSPS) is 11.9. The van der Waals surface area contributed by atoms with Gasteiger partial charge in [0, 0.05) is 14.1 Å². The van der Waals surface area contributed by atoms with Crippen molar-refractivity contribution >= 4 is 16.5 Å². The Hall–Kier alpha value is -0.820. The molecular weight excluding hydrogens is 217 g/mol. The predicted molar refractivity (Wildman–Crippen MR) is 47.4 cm³/mol. The molecule has 7 heteroatoms. The molecule has 0 amide bonds. The van der Waals surface area contributed by atoms with Gasteiger partial charge in [-0.2, -0.15) is 13.2 Å². The van der Waals surface area contributed by atoms with Gasteiger partial charge < -0.3 is 10.0 Å². The van der Waals surface area contributed by atoms with Crippen LogP contribution in [0.15, 0.2) is 0 Å². The number of aliphatic hydroxyl groups is 1. The average Bonchev–Trinajstić information content (AvgIpc) is 2.46. The Morgan fingerprint density at radius 2 is 2.00 bits per heavy atom. The first-order valence-electron chi connectivity index (χ1n) is 3.71. The summed E-state index contributed by atoms with van der Waals surface area (Å²) in [5.74, 6) is 0. The molecule has 1 heterocycles. The summed E-state index contributed by atoms with van der Waals surface area (Å²) in [6, 6.07) is 0. The predicted octanol–water partition coefficient (Wildman–Crippen LogP) is 1.72. The van der Waals surface area contributed by atoms with Crippen LogP contribution >= 0.6 is 11.3 Å². The van der Waals surface area contributed by atoms with Crippen LogP contribution in [0.2, 0.25) is 0 Å². The van der Waals surface area contributed by atoms with E-state index in [2.05, 4.69) is 4.98 Å². The Morgan fingerprint density at radius 3 is 2.29 bits per heavy atom. The lowest BCUT2D eigenvalue weighted by Crippen LogP contribution is -2.11. The molecule has 1 rings (SSSR count). The number of hydrogen-bond donors (Lipinski definition) is 1. The summed E-state index contributed by atoms with van der Waals surface area (Å²) in [6.07, 6.45) is -4.50. The molecular formula is C7H9F3N2OS. The lowest BCUT2D eigenvalue weighted by Gasteiger charge is -2.06. The summed E-state index contributed by atoms with van der Waals surface area (Å²) in [5.41, 5.74) is -0.992. The minimum atomic E-state index is -4.50. The average molecular weight is 226 g/mol. The van der Waals surface area contributed by atoms with E-state index in [-0.39, 0.29) is 10.0 Å². The van der Waals surface area contributed by atoms with Gasteiger partial charge in [-0.15, -0.1) is 0 Å². The second-order valence-electron chi connectivity index (χ2n) is 2.82. The van der Waals surface area contributed by atoms with Crippen LogP contribution in [0, 0.1) is 0 Å². The Bertz CT molecular complexity index is 321. The lowest BCUT2D eigenvalue weighted by atomic mass is 10.3. The quantitative estimate of drug-likeness (QED) is 0.834. The highest BCUT2D eigenvalue weighted by Crippen LogP contribution is 2.36. The molecule has 0 bridgehead atoms. The van der Waals surface area contributed by atoms with Crippen LogP contribution in [0.4, 0.5) is 18.3 Å².